The summed E-state index contributed by atoms with van der Waals surface area (Å²) in [5, 5.41) is 8.26. The number of benzene rings is 2. The third-order valence-corrected chi connectivity index (χ3v) is 9.27. The van der Waals surface area contributed by atoms with Gasteiger partial charge in [-0.1, -0.05) is 66.3 Å². The molecular formula is C37H40F3N5O6. The quantitative estimate of drug-likeness (QED) is 0.268. The zero-order chi connectivity index (χ0) is 36.3. The van der Waals surface area contributed by atoms with Crippen LogP contribution in [0.15, 0.2) is 78.1 Å². The van der Waals surface area contributed by atoms with E-state index in [4.69, 9.17) is 9.47 Å². The van der Waals surface area contributed by atoms with Crippen molar-refractivity contribution in [3.05, 3.63) is 100 Å². The molecule has 3 aliphatic heterocycles. The molecule has 1 unspecified atom stereocenters. The Morgan fingerprint density at radius 2 is 1.80 bits per heavy atom. The van der Waals surface area contributed by atoms with E-state index < -0.39 is 42.3 Å². The molecule has 6 rings (SSSR count). The second-order valence-corrected chi connectivity index (χ2v) is 13.0. The van der Waals surface area contributed by atoms with Gasteiger partial charge in [0.1, 0.15) is 12.1 Å². The molecule has 11 nitrogen and oxygen atoms in total. The molecule has 4 atom stereocenters. The molecule has 3 N–H and O–H groups in total. The standard InChI is InChI=1S/C37H40F3N5O6/c1-3-50-35(48)32-31(51-32)30-27-19-22(2)9-12-25(27)20-28(42-30)33(46)43-29(24-7-5-4-6-8-24)34(47)45-17-15-44(16-18-45)21-23-10-13-26(14-11-23)41-36(49)37(38,39)40/h4-13,19,26,28-29,32,42H,3,14-18,20-21H2,1-2H3,(H,41,49)(H,43,46)/t26?,28-,29-,32+/m0/s1. The molecule has 1 aliphatic carbocycles. The second-order valence-electron chi connectivity index (χ2n) is 13.0. The van der Waals surface area contributed by atoms with Crippen LogP contribution in [-0.4, -0.2) is 97.2 Å². The lowest BCUT2D eigenvalue weighted by Crippen LogP contribution is -2.54. The molecule has 2 aromatic carbocycles. The van der Waals surface area contributed by atoms with Crippen molar-refractivity contribution >= 4 is 29.4 Å². The minimum Gasteiger partial charge on any atom is -0.468 e. The summed E-state index contributed by atoms with van der Waals surface area (Å²) in [5.41, 5.74) is 4.88. The number of piperazine rings is 1. The smallest absolute Gasteiger partial charge is 0.468 e. The molecule has 2 aromatic rings. The first-order chi connectivity index (χ1) is 24.4. The lowest BCUT2D eigenvalue weighted by molar-refractivity contribution is -0.174. The van der Waals surface area contributed by atoms with Crippen LogP contribution in [0.4, 0.5) is 13.2 Å². The Morgan fingerprint density at radius 3 is 2.47 bits per heavy atom. The van der Waals surface area contributed by atoms with E-state index in [9.17, 15) is 32.3 Å². The number of carbonyl (C=O) groups excluding carboxylic acids is 4. The van der Waals surface area contributed by atoms with E-state index >= 15 is 0 Å². The Hall–Kier alpha value is -5.11. The number of epoxide rings is 1. The van der Waals surface area contributed by atoms with E-state index in [1.807, 2.05) is 54.7 Å². The number of amides is 3. The van der Waals surface area contributed by atoms with Gasteiger partial charge < -0.3 is 30.3 Å². The number of hydrogen-bond acceptors (Lipinski definition) is 8. The fourth-order valence-electron chi connectivity index (χ4n) is 6.52. The van der Waals surface area contributed by atoms with Crippen LogP contribution in [0.1, 0.15) is 41.6 Å². The van der Waals surface area contributed by atoms with E-state index in [0.717, 1.165) is 22.3 Å². The van der Waals surface area contributed by atoms with Crippen molar-refractivity contribution in [2.75, 3.05) is 39.3 Å². The number of ether oxygens (including phenoxy) is 2. The summed E-state index contributed by atoms with van der Waals surface area (Å²) in [6, 6.07) is 12.5. The monoisotopic (exact) mass is 707 g/mol. The topological polar surface area (TPSA) is 133 Å². The van der Waals surface area contributed by atoms with E-state index in [2.05, 4.69) is 15.5 Å². The Kier molecular flexibility index (Phi) is 10.5. The van der Waals surface area contributed by atoms with Gasteiger partial charge in [0, 0.05) is 44.7 Å². The van der Waals surface area contributed by atoms with Gasteiger partial charge in [0.05, 0.1) is 18.3 Å². The van der Waals surface area contributed by atoms with Gasteiger partial charge in [-0.05, 0) is 43.0 Å². The van der Waals surface area contributed by atoms with E-state index in [1.165, 1.54) is 0 Å². The Labute approximate surface area is 293 Å². The van der Waals surface area contributed by atoms with Crippen LogP contribution in [0.25, 0.3) is 5.70 Å². The highest BCUT2D eigenvalue weighted by molar-refractivity contribution is 5.94. The predicted octanol–water partition coefficient (Wildman–Crippen LogP) is 3.07. The van der Waals surface area contributed by atoms with Crippen LogP contribution in [0.3, 0.4) is 0 Å². The summed E-state index contributed by atoms with van der Waals surface area (Å²) in [6.07, 6.45) is -0.0724. The zero-order valence-corrected chi connectivity index (χ0v) is 28.3. The third-order valence-electron chi connectivity index (χ3n) is 9.27. The summed E-state index contributed by atoms with van der Waals surface area (Å²) < 4.78 is 48.6. The Bertz CT molecular complexity index is 1770. The van der Waals surface area contributed by atoms with Crippen molar-refractivity contribution in [2.45, 2.75) is 57.1 Å². The first kappa shape index (κ1) is 35.7. The fourth-order valence-corrected chi connectivity index (χ4v) is 6.52. The van der Waals surface area contributed by atoms with Gasteiger partial charge in [0.2, 0.25) is 11.8 Å². The number of rotatable bonds is 9. The number of fused-ring (bicyclic) bond motifs is 1. The lowest BCUT2D eigenvalue weighted by atomic mass is 9.90. The van der Waals surface area contributed by atoms with Crippen LogP contribution < -0.4 is 16.0 Å². The first-order valence-electron chi connectivity index (χ1n) is 17.0. The SMILES string of the molecule is CCOC(=O)[C@@H]1OC1=C1N[C@H](C(=O)N[C@H](C(=O)N2CCN(CC3=CCC(NC(=O)C(F)(F)F)C=C3)CC2)c2ccccc2)Cc2ccc(C)cc21. The summed E-state index contributed by atoms with van der Waals surface area (Å²) in [6.45, 7) is 6.38. The molecule has 0 aromatic heterocycles. The highest BCUT2D eigenvalue weighted by Gasteiger charge is 2.47. The number of esters is 1. The number of nitrogens with zero attached hydrogens (tertiary/aromatic N) is 2. The molecule has 51 heavy (non-hydrogen) atoms. The highest BCUT2D eigenvalue weighted by Crippen LogP contribution is 2.38. The van der Waals surface area contributed by atoms with Crippen LogP contribution in [0, 0.1) is 6.92 Å². The zero-order valence-electron chi connectivity index (χ0n) is 28.3. The molecule has 0 saturated carbocycles. The van der Waals surface area contributed by atoms with Crippen LogP contribution in [0.2, 0.25) is 0 Å². The van der Waals surface area contributed by atoms with Crippen LogP contribution in [-0.2, 0) is 35.1 Å². The van der Waals surface area contributed by atoms with E-state index in [0.29, 0.717) is 56.2 Å². The maximum absolute atomic E-state index is 14.1. The van der Waals surface area contributed by atoms with Gasteiger partial charge in [-0.25, -0.2) is 4.79 Å². The minimum absolute atomic E-state index is 0.216. The number of alkyl halides is 3. The van der Waals surface area contributed by atoms with Crippen molar-refractivity contribution in [3.63, 3.8) is 0 Å². The van der Waals surface area contributed by atoms with E-state index in [-0.39, 0.29) is 24.8 Å². The predicted molar refractivity (Wildman–Crippen MR) is 180 cm³/mol. The molecule has 270 valence electrons. The number of halogens is 3. The second kappa shape index (κ2) is 15.0. The summed E-state index contributed by atoms with van der Waals surface area (Å²) >= 11 is 0. The van der Waals surface area contributed by atoms with Gasteiger partial charge >= 0.3 is 18.1 Å². The maximum Gasteiger partial charge on any atom is 0.471 e. The van der Waals surface area contributed by atoms with Gasteiger partial charge in [-0.15, -0.1) is 0 Å². The summed E-state index contributed by atoms with van der Waals surface area (Å²) in [7, 11) is 0. The molecule has 2 saturated heterocycles. The van der Waals surface area contributed by atoms with Gasteiger partial charge in [0.15, 0.2) is 5.76 Å². The van der Waals surface area contributed by atoms with Crippen molar-refractivity contribution < 1.29 is 41.8 Å². The van der Waals surface area contributed by atoms with Gasteiger partial charge in [0.25, 0.3) is 6.10 Å². The molecular weight excluding hydrogens is 667 g/mol. The number of hydrogen-bond donors (Lipinski definition) is 3. The molecule has 0 spiro atoms. The molecule has 0 radical (unpaired) electrons. The minimum atomic E-state index is -4.93. The average molecular weight is 708 g/mol. The summed E-state index contributed by atoms with van der Waals surface area (Å²) in [5.74, 6) is -2.66. The number of aryl methyl sites for hydroxylation is 1. The molecule has 14 heteroatoms. The summed E-state index contributed by atoms with van der Waals surface area (Å²) in [4.78, 5) is 55.5. The third kappa shape index (κ3) is 8.44. The van der Waals surface area contributed by atoms with Crippen molar-refractivity contribution in [1.82, 2.24) is 25.8 Å². The van der Waals surface area contributed by atoms with Crippen LogP contribution >= 0.6 is 0 Å². The normalized spacial score (nSPS) is 23.5. The van der Waals surface area contributed by atoms with Crippen molar-refractivity contribution in [3.8, 4) is 0 Å². The Balaban J connectivity index is 1.10. The highest BCUT2D eigenvalue weighted by atomic mass is 19.4. The van der Waals surface area contributed by atoms with Gasteiger partial charge in [-0.3, -0.25) is 19.3 Å². The molecule has 0 bridgehead atoms. The number of nitrogens with one attached hydrogen (secondary N) is 3. The van der Waals surface area contributed by atoms with Crippen molar-refractivity contribution in [1.29, 1.82) is 0 Å². The fraction of sp³-hybridized carbons (Fsp3) is 0.405. The molecule has 3 amide bonds. The molecule has 4 aliphatic rings. The van der Waals surface area contributed by atoms with E-state index in [1.54, 1.807) is 36.1 Å². The first-order valence-corrected chi connectivity index (χ1v) is 17.0. The maximum atomic E-state index is 14.1. The Morgan fingerprint density at radius 1 is 1.06 bits per heavy atom. The van der Waals surface area contributed by atoms with Gasteiger partial charge in [-0.2, -0.15) is 13.2 Å². The largest absolute Gasteiger partial charge is 0.471 e. The van der Waals surface area contributed by atoms with Crippen molar-refractivity contribution in [2.24, 2.45) is 0 Å². The number of carbonyl (C=O) groups is 4. The van der Waals surface area contributed by atoms with Crippen LogP contribution in [0.5, 0.6) is 0 Å². The molecule has 3 heterocycles. The lowest BCUT2D eigenvalue weighted by Gasteiger charge is -2.37. The average Bonchev–Trinajstić information content (AvgIpc) is 3.92. The molecule has 2 fully saturated rings.